The number of ether oxygens (including phenoxy) is 2. The molecule has 7 heteroatoms. The summed E-state index contributed by atoms with van der Waals surface area (Å²) in [5, 5.41) is 11.7. The summed E-state index contributed by atoms with van der Waals surface area (Å²) in [7, 11) is 0. The van der Waals surface area contributed by atoms with E-state index >= 15 is 0 Å². The average Bonchev–Trinajstić information content (AvgIpc) is 2.84. The second kappa shape index (κ2) is 10.8. The zero-order valence-electron chi connectivity index (χ0n) is 19.2. The number of rotatable bonds is 8. The highest BCUT2D eigenvalue weighted by Gasteiger charge is 2.17. The maximum atomic E-state index is 12.4. The fourth-order valence-electron chi connectivity index (χ4n) is 3.81. The van der Waals surface area contributed by atoms with Crippen molar-refractivity contribution < 1.29 is 14.3 Å². The smallest absolute Gasteiger partial charge is 0.262 e. The summed E-state index contributed by atoms with van der Waals surface area (Å²) in [6.45, 7) is 6.74. The SMILES string of the molecule is CCOc1cccc(OCC(=O)Nc2cccc(-c3ccc(N4CCC(C)CC4)nn3)c2)c1. The van der Waals surface area contributed by atoms with E-state index < -0.39 is 0 Å². The number of anilines is 2. The predicted molar refractivity (Wildman–Crippen MR) is 130 cm³/mol. The number of piperidine rings is 1. The van der Waals surface area contributed by atoms with Gasteiger partial charge >= 0.3 is 0 Å². The number of hydrogen-bond acceptors (Lipinski definition) is 6. The van der Waals surface area contributed by atoms with Gasteiger partial charge in [-0.25, -0.2) is 0 Å². The van der Waals surface area contributed by atoms with E-state index in [0.717, 1.165) is 36.1 Å². The molecule has 0 aliphatic carbocycles. The monoisotopic (exact) mass is 446 g/mol. The summed E-state index contributed by atoms with van der Waals surface area (Å²) in [5.74, 6) is 2.75. The first kappa shape index (κ1) is 22.6. The topological polar surface area (TPSA) is 76.6 Å². The normalized spacial score (nSPS) is 14.1. The van der Waals surface area contributed by atoms with Crippen LogP contribution in [0.2, 0.25) is 0 Å². The molecule has 0 spiro atoms. The third-order valence-corrected chi connectivity index (χ3v) is 5.69. The number of aromatic nitrogens is 2. The van der Waals surface area contributed by atoms with Crippen LogP contribution < -0.4 is 19.7 Å². The Morgan fingerprint density at radius 2 is 1.76 bits per heavy atom. The second-order valence-corrected chi connectivity index (χ2v) is 8.27. The number of nitrogens with one attached hydrogen (secondary N) is 1. The van der Waals surface area contributed by atoms with Gasteiger partial charge < -0.3 is 19.7 Å². The molecule has 4 rings (SSSR count). The highest BCUT2D eigenvalue weighted by atomic mass is 16.5. The van der Waals surface area contributed by atoms with Crippen LogP contribution in [0.3, 0.4) is 0 Å². The molecule has 0 atom stereocenters. The largest absolute Gasteiger partial charge is 0.494 e. The van der Waals surface area contributed by atoms with Crippen LogP contribution in [-0.2, 0) is 4.79 Å². The number of carbonyl (C=O) groups is 1. The van der Waals surface area contributed by atoms with Crippen LogP contribution in [0.15, 0.2) is 60.7 Å². The second-order valence-electron chi connectivity index (χ2n) is 8.27. The van der Waals surface area contributed by atoms with Gasteiger partial charge in [0, 0.05) is 30.4 Å². The Bertz CT molecular complexity index is 1060. The van der Waals surface area contributed by atoms with Gasteiger partial charge in [-0.2, -0.15) is 0 Å². The van der Waals surface area contributed by atoms with Crippen molar-refractivity contribution in [2.45, 2.75) is 26.7 Å². The van der Waals surface area contributed by atoms with E-state index in [0.29, 0.717) is 23.8 Å². The van der Waals surface area contributed by atoms with Gasteiger partial charge in [0.1, 0.15) is 11.5 Å². The van der Waals surface area contributed by atoms with Crippen LogP contribution >= 0.6 is 0 Å². The lowest BCUT2D eigenvalue weighted by Gasteiger charge is -2.30. The molecule has 1 N–H and O–H groups in total. The van der Waals surface area contributed by atoms with Gasteiger partial charge in [0.25, 0.3) is 5.91 Å². The van der Waals surface area contributed by atoms with Crippen molar-refractivity contribution in [1.29, 1.82) is 0 Å². The Labute approximate surface area is 194 Å². The maximum absolute atomic E-state index is 12.4. The van der Waals surface area contributed by atoms with E-state index in [1.54, 1.807) is 12.1 Å². The molecule has 7 nitrogen and oxygen atoms in total. The molecular weight excluding hydrogens is 416 g/mol. The number of hydrogen-bond donors (Lipinski definition) is 1. The van der Waals surface area contributed by atoms with Crippen LogP contribution in [0.4, 0.5) is 11.5 Å². The van der Waals surface area contributed by atoms with E-state index in [1.807, 2.05) is 55.5 Å². The molecule has 0 unspecified atom stereocenters. The molecular formula is C26H30N4O3. The third kappa shape index (κ3) is 6.22. The summed E-state index contributed by atoms with van der Waals surface area (Å²) in [6, 6.07) is 18.8. The molecule has 0 bridgehead atoms. The number of nitrogens with zero attached hydrogens (tertiary/aromatic N) is 3. The minimum Gasteiger partial charge on any atom is -0.494 e. The molecule has 3 aromatic rings. The minimum absolute atomic E-state index is 0.0945. The Kier molecular flexibility index (Phi) is 7.40. The van der Waals surface area contributed by atoms with Crippen LogP contribution in [0.5, 0.6) is 11.5 Å². The van der Waals surface area contributed by atoms with Crippen LogP contribution in [0, 0.1) is 5.92 Å². The highest BCUT2D eigenvalue weighted by Crippen LogP contribution is 2.25. The van der Waals surface area contributed by atoms with Crippen molar-refractivity contribution in [3.63, 3.8) is 0 Å². The maximum Gasteiger partial charge on any atom is 0.262 e. The van der Waals surface area contributed by atoms with Gasteiger partial charge in [-0.1, -0.05) is 25.1 Å². The number of carbonyl (C=O) groups excluding carboxylic acids is 1. The third-order valence-electron chi connectivity index (χ3n) is 5.69. The van der Waals surface area contributed by atoms with Crippen LogP contribution in [0.1, 0.15) is 26.7 Å². The molecule has 1 aromatic heterocycles. The molecule has 2 heterocycles. The lowest BCUT2D eigenvalue weighted by atomic mass is 9.99. The molecule has 1 fully saturated rings. The van der Waals surface area contributed by atoms with Crippen molar-refractivity contribution in [3.8, 4) is 22.8 Å². The van der Waals surface area contributed by atoms with E-state index in [4.69, 9.17) is 9.47 Å². The minimum atomic E-state index is -0.241. The standard InChI is InChI=1S/C26H30N4O3/c1-3-32-22-8-5-9-23(17-22)33-18-26(31)27-21-7-4-6-20(16-21)24-10-11-25(29-28-24)30-14-12-19(2)13-15-30/h4-11,16-17,19H,3,12-15,18H2,1-2H3,(H,27,31). The molecule has 2 aromatic carbocycles. The zero-order chi connectivity index (χ0) is 23.0. The molecule has 1 saturated heterocycles. The quantitative estimate of drug-likeness (QED) is 0.536. The molecule has 1 amide bonds. The summed E-state index contributed by atoms with van der Waals surface area (Å²) in [4.78, 5) is 14.7. The van der Waals surface area contributed by atoms with Gasteiger partial charge in [-0.05, 0) is 62.1 Å². The van der Waals surface area contributed by atoms with E-state index in [2.05, 4.69) is 27.3 Å². The summed E-state index contributed by atoms with van der Waals surface area (Å²) in [6.07, 6.45) is 2.37. The van der Waals surface area contributed by atoms with Crippen molar-refractivity contribution in [3.05, 3.63) is 60.7 Å². The highest BCUT2D eigenvalue weighted by molar-refractivity contribution is 5.92. The van der Waals surface area contributed by atoms with Gasteiger partial charge in [0.05, 0.1) is 12.3 Å². The Morgan fingerprint density at radius 3 is 2.48 bits per heavy atom. The fraction of sp³-hybridized carbons (Fsp3) is 0.346. The van der Waals surface area contributed by atoms with E-state index in [1.165, 1.54) is 12.8 Å². The molecule has 172 valence electrons. The zero-order valence-corrected chi connectivity index (χ0v) is 19.2. The average molecular weight is 447 g/mol. The van der Waals surface area contributed by atoms with Crippen molar-refractivity contribution in [1.82, 2.24) is 10.2 Å². The fourth-order valence-corrected chi connectivity index (χ4v) is 3.81. The van der Waals surface area contributed by atoms with Crippen molar-refractivity contribution >= 4 is 17.4 Å². The lowest BCUT2D eigenvalue weighted by molar-refractivity contribution is -0.118. The lowest BCUT2D eigenvalue weighted by Crippen LogP contribution is -2.33. The Balaban J connectivity index is 1.34. The summed E-state index contributed by atoms with van der Waals surface area (Å²) >= 11 is 0. The Morgan fingerprint density at radius 1 is 1.00 bits per heavy atom. The molecule has 0 radical (unpaired) electrons. The van der Waals surface area contributed by atoms with Crippen molar-refractivity contribution in [2.75, 3.05) is 36.5 Å². The van der Waals surface area contributed by atoms with E-state index in [9.17, 15) is 4.79 Å². The predicted octanol–water partition coefficient (Wildman–Crippen LogP) is 4.80. The summed E-state index contributed by atoms with van der Waals surface area (Å²) < 4.78 is 11.1. The molecule has 1 aliphatic heterocycles. The summed E-state index contributed by atoms with van der Waals surface area (Å²) in [5.41, 5.74) is 2.34. The van der Waals surface area contributed by atoms with Gasteiger partial charge in [0.2, 0.25) is 0 Å². The van der Waals surface area contributed by atoms with Crippen LogP contribution in [0.25, 0.3) is 11.3 Å². The molecule has 0 saturated carbocycles. The Hall–Kier alpha value is -3.61. The van der Waals surface area contributed by atoms with Crippen molar-refractivity contribution in [2.24, 2.45) is 5.92 Å². The van der Waals surface area contributed by atoms with Gasteiger partial charge in [-0.15, -0.1) is 10.2 Å². The molecule has 33 heavy (non-hydrogen) atoms. The van der Waals surface area contributed by atoms with Crippen LogP contribution in [-0.4, -0.2) is 42.4 Å². The van der Waals surface area contributed by atoms with E-state index in [-0.39, 0.29) is 12.5 Å². The number of amides is 1. The first-order valence-corrected chi connectivity index (χ1v) is 11.5. The first-order chi connectivity index (χ1) is 16.1. The molecule has 1 aliphatic rings. The van der Waals surface area contributed by atoms with Gasteiger partial charge in [-0.3, -0.25) is 4.79 Å². The first-order valence-electron chi connectivity index (χ1n) is 11.5. The van der Waals surface area contributed by atoms with Gasteiger partial charge in [0.15, 0.2) is 12.4 Å². The number of benzene rings is 2.